The second-order valence-electron chi connectivity index (χ2n) is 5.03. The van der Waals surface area contributed by atoms with Crippen LogP contribution < -0.4 is 10.6 Å². The van der Waals surface area contributed by atoms with E-state index < -0.39 is 11.7 Å². The molecular weight excluding hydrogens is 351 g/mol. The maximum atomic E-state index is 12.8. The quantitative estimate of drug-likeness (QED) is 0.800. The number of rotatable bonds is 4. The van der Waals surface area contributed by atoms with Gasteiger partial charge in [-0.1, -0.05) is 11.6 Å². The number of hydrogen-bond donors (Lipinski definition) is 2. The molecule has 1 heterocycles. The van der Waals surface area contributed by atoms with Gasteiger partial charge in [-0.05, 0) is 30.4 Å². The average Bonchev–Trinajstić information content (AvgIpc) is 2.49. The zero-order valence-corrected chi connectivity index (χ0v) is 13.8. The van der Waals surface area contributed by atoms with Crippen molar-refractivity contribution >= 4 is 34.6 Å². The third kappa shape index (κ3) is 5.80. The smallest absolute Gasteiger partial charge is 0.379 e. The van der Waals surface area contributed by atoms with Crippen LogP contribution in [0.5, 0.6) is 0 Å². The van der Waals surface area contributed by atoms with Crippen LogP contribution in [-0.4, -0.2) is 49.4 Å². The van der Waals surface area contributed by atoms with Gasteiger partial charge >= 0.3 is 6.18 Å². The van der Waals surface area contributed by atoms with Gasteiger partial charge in [0, 0.05) is 31.9 Å². The number of nitrogens with zero attached hydrogens (tertiary/aromatic N) is 1. The van der Waals surface area contributed by atoms with Crippen LogP contribution >= 0.6 is 23.8 Å². The molecule has 2 rings (SSSR count). The molecule has 1 fully saturated rings. The van der Waals surface area contributed by atoms with Gasteiger partial charge in [0.1, 0.15) is 0 Å². The lowest BCUT2D eigenvalue weighted by Gasteiger charge is -2.26. The minimum Gasteiger partial charge on any atom is -0.379 e. The Morgan fingerprint density at radius 2 is 2.00 bits per heavy atom. The zero-order valence-electron chi connectivity index (χ0n) is 12.3. The molecule has 0 radical (unpaired) electrons. The first-order valence-corrected chi connectivity index (χ1v) is 7.86. The number of anilines is 1. The first-order valence-electron chi connectivity index (χ1n) is 7.08. The summed E-state index contributed by atoms with van der Waals surface area (Å²) in [5.74, 6) is 0. The fourth-order valence-corrected chi connectivity index (χ4v) is 2.59. The molecule has 0 bridgehead atoms. The molecule has 0 aromatic heterocycles. The molecule has 0 unspecified atom stereocenters. The van der Waals surface area contributed by atoms with Gasteiger partial charge in [0.25, 0.3) is 0 Å². The Kier molecular flexibility index (Phi) is 6.46. The molecule has 9 heteroatoms. The summed E-state index contributed by atoms with van der Waals surface area (Å²) in [5.41, 5.74) is -0.647. The van der Waals surface area contributed by atoms with Gasteiger partial charge in [0.15, 0.2) is 5.11 Å². The van der Waals surface area contributed by atoms with Gasteiger partial charge in [-0.25, -0.2) is 0 Å². The second-order valence-corrected chi connectivity index (χ2v) is 5.84. The van der Waals surface area contributed by atoms with Crippen molar-refractivity contribution in [3.8, 4) is 0 Å². The van der Waals surface area contributed by atoms with E-state index in [4.69, 9.17) is 28.6 Å². The largest absolute Gasteiger partial charge is 0.417 e. The van der Waals surface area contributed by atoms with E-state index in [-0.39, 0.29) is 15.8 Å². The first kappa shape index (κ1) is 18.3. The van der Waals surface area contributed by atoms with E-state index in [1.165, 1.54) is 12.1 Å². The van der Waals surface area contributed by atoms with Gasteiger partial charge < -0.3 is 15.4 Å². The minimum atomic E-state index is -4.50. The van der Waals surface area contributed by atoms with Crippen LogP contribution in [0.4, 0.5) is 18.9 Å². The Morgan fingerprint density at radius 3 is 2.65 bits per heavy atom. The molecule has 4 nitrogen and oxygen atoms in total. The summed E-state index contributed by atoms with van der Waals surface area (Å²) in [4.78, 5) is 2.23. The Labute approximate surface area is 142 Å². The van der Waals surface area contributed by atoms with E-state index in [1.54, 1.807) is 0 Å². The second kappa shape index (κ2) is 8.14. The molecule has 0 saturated carbocycles. The molecule has 1 aromatic rings. The third-order valence-corrected chi connectivity index (χ3v) is 3.92. The molecule has 0 spiro atoms. The highest BCUT2D eigenvalue weighted by molar-refractivity contribution is 7.80. The fraction of sp³-hybridized carbons (Fsp3) is 0.500. The van der Waals surface area contributed by atoms with Crippen LogP contribution in [0.3, 0.4) is 0 Å². The van der Waals surface area contributed by atoms with Crippen molar-refractivity contribution in [3.05, 3.63) is 28.8 Å². The number of alkyl halides is 3. The van der Waals surface area contributed by atoms with Crippen molar-refractivity contribution in [2.75, 3.05) is 44.7 Å². The Hall–Kier alpha value is -1.09. The van der Waals surface area contributed by atoms with Gasteiger partial charge in [-0.2, -0.15) is 13.2 Å². The highest BCUT2D eigenvalue weighted by Gasteiger charge is 2.33. The number of benzene rings is 1. The van der Waals surface area contributed by atoms with Crippen LogP contribution in [-0.2, 0) is 10.9 Å². The standard InChI is InChI=1S/C14H17ClF3N3OS/c15-12-2-1-10(9-11(12)14(16,17)18)20-13(23)19-3-4-21-5-7-22-8-6-21/h1-2,9H,3-8H2,(H2,19,20,23). The zero-order chi connectivity index (χ0) is 16.9. The Bertz CT molecular complexity index is 551. The van der Waals surface area contributed by atoms with Crippen molar-refractivity contribution in [2.45, 2.75) is 6.18 Å². The van der Waals surface area contributed by atoms with Crippen LogP contribution in [0.1, 0.15) is 5.56 Å². The molecule has 2 N–H and O–H groups in total. The van der Waals surface area contributed by atoms with E-state index in [1.807, 2.05) is 0 Å². The van der Waals surface area contributed by atoms with Crippen molar-refractivity contribution in [2.24, 2.45) is 0 Å². The molecule has 0 aliphatic carbocycles. The lowest BCUT2D eigenvalue weighted by molar-refractivity contribution is -0.137. The van der Waals surface area contributed by atoms with E-state index >= 15 is 0 Å². The van der Waals surface area contributed by atoms with Crippen molar-refractivity contribution in [3.63, 3.8) is 0 Å². The first-order chi connectivity index (χ1) is 10.9. The third-order valence-electron chi connectivity index (χ3n) is 3.35. The molecule has 1 aliphatic heterocycles. The molecule has 23 heavy (non-hydrogen) atoms. The molecular formula is C14H17ClF3N3OS. The van der Waals surface area contributed by atoms with Gasteiger partial charge in [0.2, 0.25) is 0 Å². The molecule has 1 aliphatic rings. The topological polar surface area (TPSA) is 36.5 Å². The maximum Gasteiger partial charge on any atom is 0.417 e. The van der Waals surface area contributed by atoms with E-state index in [0.717, 1.165) is 25.7 Å². The van der Waals surface area contributed by atoms with E-state index in [9.17, 15) is 13.2 Å². The summed E-state index contributed by atoms with van der Waals surface area (Å²) in [6, 6.07) is 3.59. The lowest BCUT2D eigenvalue weighted by Crippen LogP contribution is -2.42. The molecule has 0 atom stereocenters. The van der Waals surface area contributed by atoms with E-state index in [0.29, 0.717) is 19.8 Å². The Balaban J connectivity index is 1.83. The monoisotopic (exact) mass is 367 g/mol. The minimum absolute atomic E-state index is 0.241. The molecule has 0 amide bonds. The summed E-state index contributed by atoms with van der Waals surface area (Å²) in [5, 5.41) is 5.65. The normalized spacial score (nSPS) is 16.2. The number of morpholine rings is 1. The molecule has 1 aromatic carbocycles. The number of halogens is 4. The van der Waals surface area contributed by atoms with Gasteiger partial charge in [0.05, 0.1) is 23.8 Å². The predicted octanol–water partition coefficient (Wildman–Crippen LogP) is 2.98. The highest BCUT2D eigenvalue weighted by atomic mass is 35.5. The predicted molar refractivity (Wildman–Crippen MR) is 87.9 cm³/mol. The summed E-state index contributed by atoms with van der Waals surface area (Å²) >= 11 is 10.7. The SMILES string of the molecule is FC(F)(F)c1cc(NC(=S)NCCN2CCOCC2)ccc1Cl. The number of hydrogen-bond acceptors (Lipinski definition) is 3. The van der Waals surface area contributed by atoms with Gasteiger partial charge in [-0.15, -0.1) is 0 Å². The van der Waals surface area contributed by atoms with Crippen molar-refractivity contribution < 1.29 is 17.9 Å². The van der Waals surface area contributed by atoms with Crippen LogP contribution in [0.2, 0.25) is 5.02 Å². The molecule has 1 saturated heterocycles. The van der Waals surface area contributed by atoms with Crippen molar-refractivity contribution in [1.29, 1.82) is 0 Å². The lowest BCUT2D eigenvalue weighted by atomic mass is 10.2. The number of nitrogens with one attached hydrogen (secondary N) is 2. The van der Waals surface area contributed by atoms with Crippen LogP contribution in [0, 0.1) is 0 Å². The summed E-state index contributed by atoms with van der Waals surface area (Å²) in [7, 11) is 0. The van der Waals surface area contributed by atoms with E-state index in [2.05, 4.69) is 15.5 Å². The Morgan fingerprint density at radius 1 is 1.30 bits per heavy atom. The highest BCUT2D eigenvalue weighted by Crippen LogP contribution is 2.36. The van der Waals surface area contributed by atoms with Crippen molar-refractivity contribution in [1.82, 2.24) is 10.2 Å². The fourth-order valence-electron chi connectivity index (χ4n) is 2.15. The van der Waals surface area contributed by atoms with Crippen LogP contribution in [0.15, 0.2) is 18.2 Å². The summed E-state index contributed by atoms with van der Waals surface area (Å²) in [6.45, 7) is 4.56. The van der Waals surface area contributed by atoms with Crippen LogP contribution in [0.25, 0.3) is 0 Å². The number of ether oxygens (including phenoxy) is 1. The maximum absolute atomic E-state index is 12.8. The summed E-state index contributed by atoms with van der Waals surface area (Å²) in [6.07, 6.45) is -4.50. The van der Waals surface area contributed by atoms with Gasteiger partial charge in [-0.3, -0.25) is 4.90 Å². The number of thiocarbonyl (C=S) groups is 1. The summed E-state index contributed by atoms with van der Waals surface area (Å²) < 4.78 is 43.6. The average molecular weight is 368 g/mol. The molecule has 128 valence electrons.